The molecule has 0 unspecified atom stereocenters. The zero-order chi connectivity index (χ0) is 14.4. The molecule has 2 aromatic carbocycles. The molecule has 0 radical (unpaired) electrons. The molecule has 0 aliphatic heterocycles. The minimum Gasteiger partial charge on any atom is -0.462 e. The molecule has 1 N–H and O–H groups in total. The Morgan fingerprint density at radius 3 is 2.45 bits per heavy atom. The second-order valence-corrected chi connectivity index (χ2v) is 4.49. The van der Waals surface area contributed by atoms with Crippen LogP contribution in [0, 0.1) is 0 Å². The van der Waals surface area contributed by atoms with Crippen molar-refractivity contribution in [2.45, 2.75) is 6.92 Å². The van der Waals surface area contributed by atoms with E-state index in [4.69, 9.17) is 17.0 Å². The van der Waals surface area contributed by atoms with E-state index in [0.29, 0.717) is 22.8 Å². The molecule has 0 fully saturated rings. The highest BCUT2D eigenvalue weighted by atomic mass is 32.1. The number of benzene rings is 2. The van der Waals surface area contributed by atoms with Crippen LogP contribution in [0.3, 0.4) is 0 Å². The van der Waals surface area contributed by atoms with E-state index in [-0.39, 0.29) is 5.97 Å². The molecule has 3 nitrogen and oxygen atoms in total. The summed E-state index contributed by atoms with van der Waals surface area (Å²) in [6.07, 6.45) is 0. The number of rotatable bonds is 4. The first-order valence-electron chi connectivity index (χ1n) is 6.35. The average molecular weight is 285 g/mol. The summed E-state index contributed by atoms with van der Waals surface area (Å²) < 4.78 is 5.03. The minimum absolute atomic E-state index is 0.344. The first-order chi connectivity index (χ1) is 9.72. The van der Waals surface area contributed by atoms with Crippen molar-refractivity contribution in [1.29, 1.82) is 0 Å². The zero-order valence-corrected chi connectivity index (χ0v) is 11.9. The molecule has 0 amide bonds. The molecule has 102 valence electrons. The number of ether oxygens (including phenoxy) is 1. The van der Waals surface area contributed by atoms with E-state index in [2.05, 4.69) is 5.32 Å². The minimum atomic E-state index is -0.355. The van der Waals surface area contributed by atoms with Gasteiger partial charge in [-0.1, -0.05) is 54.7 Å². The van der Waals surface area contributed by atoms with Crippen LogP contribution in [0.15, 0.2) is 54.6 Å². The lowest BCUT2D eigenvalue weighted by Gasteiger charge is -2.12. The third-order valence-electron chi connectivity index (χ3n) is 2.71. The lowest BCUT2D eigenvalue weighted by molar-refractivity contribution is 0.0527. The van der Waals surface area contributed by atoms with Crippen LogP contribution in [-0.2, 0) is 4.74 Å². The largest absolute Gasteiger partial charge is 0.462 e. The van der Waals surface area contributed by atoms with Crippen LogP contribution in [0.1, 0.15) is 22.8 Å². The molecule has 0 aromatic heterocycles. The van der Waals surface area contributed by atoms with Crippen LogP contribution in [-0.4, -0.2) is 17.6 Å². The van der Waals surface area contributed by atoms with Crippen molar-refractivity contribution in [2.75, 3.05) is 11.9 Å². The van der Waals surface area contributed by atoms with Crippen molar-refractivity contribution in [1.82, 2.24) is 0 Å². The maximum Gasteiger partial charge on any atom is 0.340 e. The van der Waals surface area contributed by atoms with Gasteiger partial charge in [0, 0.05) is 5.56 Å². The summed E-state index contributed by atoms with van der Waals surface area (Å²) in [5, 5.41) is 3.10. The van der Waals surface area contributed by atoms with Gasteiger partial charge in [-0.05, 0) is 19.1 Å². The smallest absolute Gasteiger partial charge is 0.340 e. The van der Waals surface area contributed by atoms with Gasteiger partial charge in [0.2, 0.25) is 0 Å². The quantitative estimate of drug-likeness (QED) is 0.687. The van der Waals surface area contributed by atoms with Crippen LogP contribution in [0.2, 0.25) is 0 Å². The summed E-state index contributed by atoms with van der Waals surface area (Å²) in [7, 11) is 0. The number of carbonyl (C=O) groups is 1. The summed E-state index contributed by atoms with van der Waals surface area (Å²) in [6, 6.07) is 16.8. The van der Waals surface area contributed by atoms with Gasteiger partial charge in [0.15, 0.2) is 0 Å². The predicted molar refractivity (Wildman–Crippen MR) is 84.2 cm³/mol. The molecular formula is C16H15NO2S. The lowest BCUT2D eigenvalue weighted by atomic mass is 10.1. The predicted octanol–water partition coefficient (Wildman–Crippen LogP) is 3.65. The van der Waals surface area contributed by atoms with E-state index in [9.17, 15) is 4.79 Å². The summed E-state index contributed by atoms with van der Waals surface area (Å²) in [4.78, 5) is 12.4. The standard InChI is InChI=1S/C16H15NO2S/c1-2-19-16(18)13-10-6-7-11-14(13)17-15(20)12-8-4-3-5-9-12/h3-11H,2H2,1H3,(H,17,20). The van der Waals surface area contributed by atoms with Gasteiger partial charge in [0.25, 0.3) is 0 Å². The van der Waals surface area contributed by atoms with Crippen LogP contribution in [0.4, 0.5) is 5.69 Å². The summed E-state index contributed by atoms with van der Waals surface area (Å²) in [5.41, 5.74) is 2.04. The van der Waals surface area contributed by atoms with Crippen LogP contribution < -0.4 is 5.32 Å². The molecule has 0 saturated heterocycles. The Labute approximate surface area is 123 Å². The first kappa shape index (κ1) is 14.2. The Morgan fingerprint density at radius 2 is 1.75 bits per heavy atom. The number of anilines is 1. The molecular weight excluding hydrogens is 270 g/mol. The number of para-hydroxylation sites is 1. The molecule has 0 bridgehead atoms. The van der Waals surface area contributed by atoms with Gasteiger partial charge in [0.05, 0.1) is 17.9 Å². The molecule has 0 atom stereocenters. The Kier molecular flexibility index (Phi) is 4.85. The van der Waals surface area contributed by atoms with Crippen molar-refractivity contribution in [3.8, 4) is 0 Å². The summed E-state index contributed by atoms with van der Waals surface area (Å²) >= 11 is 5.35. The van der Waals surface area contributed by atoms with Crippen LogP contribution >= 0.6 is 12.2 Å². The van der Waals surface area contributed by atoms with Crippen LogP contribution in [0.5, 0.6) is 0 Å². The average Bonchev–Trinajstić information content (AvgIpc) is 2.49. The van der Waals surface area contributed by atoms with E-state index in [1.165, 1.54) is 0 Å². The van der Waals surface area contributed by atoms with Crippen LogP contribution in [0.25, 0.3) is 0 Å². The molecule has 0 saturated carbocycles. The zero-order valence-electron chi connectivity index (χ0n) is 11.1. The SMILES string of the molecule is CCOC(=O)c1ccccc1NC(=S)c1ccccc1. The molecule has 4 heteroatoms. The van der Waals surface area contributed by atoms with Crippen molar-refractivity contribution in [3.05, 3.63) is 65.7 Å². The molecule has 20 heavy (non-hydrogen) atoms. The molecule has 2 aromatic rings. The van der Waals surface area contributed by atoms with E-state index in [1.807, 2.05) is 42.5 Å². The van der Waals surface area contributed by atoms with Crippen molar-refractivity contribution in [2.24, 2.45) is 0 Å². The third-order valence-corrected chi connectivity index (χ3v) is 3.04. The highest BCUT2D eigenvalue weighted by Crippen LogP contribution is 2.17. The highest BCUT2D eigenvalue weighted by Gasteiger charge is 2.12. The van der Waals surface area contributed by atoms with Crippen molar-refractivity contribution < 1.29 is 9.53 Å². The number of esters is 1. The monoisotopic (exact) mass is 285 g/mol. The van der Waals surface area contributed by atoms with Gasteiger partial charge in [-0.25, -0.2) is 4.79 Å². The maximum absolute atomic E-state index is 11.9. The number of hydrogen-bond donors (Lipinski definition) is 1. The molecule has 0 spiro atoms. The number of nitrogens with one attached hydrogen (secondary N) is 1. The first-order valence-corrected chi connectivity index (χ1v) is 6.75. The van der Waals surface area contributed by atoms with Crippen molar-refractivity contribution >= 4 is 28.9 Å². The normalized spacial score (nSPS) is 9.85. The van der Waals surface area contributed by atoms with Crippen molar-refractivity contribution in [3.63, 3.8) is 0 Å². The third kappa shape index (κ3) is 3.42. The molecule has 2 rings (SSSR count). The fourth-order valence-corrected chi connectivity index (χ4v) is 2.01. The number of hydrogen-bond acceptors (Lipinski definition) is 3. The van der Waals surface area contributed by atoms with E-state index < -0.39 is 0 Å². The molecule has 0 heterocycles. The van der Waals surface area contributed by atoms with Gasteiger partial charge < -0.3 is 10.1 Å². The second-order valence-electron chi connectivity index (χ2n) is 4.09. The Balaban J connectivity index is 2.21. The Hall–Kier alpha value is -2.20. The molecule has 0 aliphatic carbocycles. The maximum atomic E-state index is 11.9. The van der Waals surface area contributed by atoms with Gasteiger partial charge in [-0.2, -0.15) is 0 Å². The summed E-state index contributed by atoms with van der Waals surface area (Å²) in [5.74, 6) is -0.355. The molecule has 0 aliphatic rings. The summed E-state index contributed by atoms with van der Waals surface area (Å²) in [6.45, 7) is 2.12. The number of thiocarbonyl (C=S) groups is 1. The van der Waals surface area contributed by atoms with Gasteiger partial charge in [-0.15, -0.1) is 0 Å². The van der Waals surface area contributed by atoms with E-state index >= 15 is 0 Å². The Morgan fingerprint density at radius 1 is 1.10 bits per heavy atom. The van der Waals surface area contributed by atoms with Gasteiger partial charge in [-0.3, -0.25) is 0 Å². The van der Waals surface area contributed by atoms with E-state index in [0.717, 1.165) is 5.56 Å². The second kappa shape index (κ2) is 6.82. The van der Waals surface area contributed by atoms with Gasteiger partial charge in [0.1, 0.15) is 4.99 Å². The fraction of sp³-hybridized carbons (Fsp3) is 0.125. The van der Waals surface area contributed by atoms with E-state index in [1.54, 1.807) is 19.1 Å². The Bertz CT molecular complexity index is 611. The van der Waals surface area contributed by atoms with Gasteiger partial charge >= 0.3 is 5.97 Å². The highest BCUT2D eigenvalue weighted by molar-refractivity contribution is 7.81. The lowest BCUT2D eigenvalue weighted by Crippen LogP contribution is -2.14. The topological polar surface area (TPSA) is 38.3 Å². The fourth-order valence-electron chi connectivity index (χ4n) is 1.76. The number of carbonyl (C=O) groups excluding carboxylic acids is 1.